The van der Waals surface area contributed by atoms with Crippen molar-refractivity contribution in [3.05, 3.63) is 35.9 Å². The minimum atomic E-state index is -2.01. The van der Waals surface area contributed by atoms with Crippen molar-refractivity contribution in [1.29, 1.82) is 0 Å². The molecule has 0 aromatic heterocycles. The van der Waals surface area contributed by atoms with Gasteiger partial charge in [0.05, 0.1) is 19.8 Å². The summed E-state index contributed by atoms with van der Waals surface area (Å²) in [6.07, 6.45) is -1.46. The van der Waals surface area contributed by atoms with Crippen molar-refractivity contribution in [3.8, 4) is 0 Å². The molecule has 0 unspecified atom stereocenters. The second kappa shape index (κ2) is 13.6. The Labute approximate surface area is 222 Å². The Bertz CT molecular complexity index is 973. The van der Waals surface area contributed by atoms with E-state index in [2.05, 4.69) is 10.6 Å². The van der Waals surface area contributed by atoms with Crippen LogP contribution in [0.25, 0.3) is 0 Å². The number of hydrogen-bond acceptors (Lipinski definition) is 9. The average molecular weight is 536 g/mol. The van der Waals surface area contributed by atoms with E-state index >= 15 is 0 Å². The number of hydrogen-bond donors (Lipinski definition) is 2. The minimum absolute atomic E-state index is 0.0128. The van der Waals surface area contributed by atoms with E-state index < -0.39 is 53.8 Å². The fourth-order valence-corrected chi connectivity index (χ4v) is 3.92. The van der Waals surface area contributed by atoms with Crippen molar-refractivity contribution in [1.82, 2.24) is 15.5 Å². The third-order valence-corrected chi connectivity index (χ3v) is 5.53. The monoisotopic (exact) mass is 535 g/mol. The fraction of sp³-hybridized carbons (Fsp3) is 0.577. The second-order valence-corrected chi connectivity index (χ2v) is 9.54. The summed E-state index contributed by atoms with van der Waals surface area (Å²) in [6.45, 7) is 7.71. The van der Waals surface area contributed by atoms with Crippen LogP contribution in [0.2, 0.25) is 0 Å². The summed E-state index contributed by atoms with van der Waals surface area (Å²) in [5, 5.41) is 4.88. The predicted molar refractivity (Wildman–Crippen MR) is 135 cm³/mol. The number of nitrogens with one attached hydrogen (secondary N) is 2. The molecule has 2 N–H and O–H groups in total. The molecule has 1 aromatic rings. The molecule has 1 aliphatic heterocycles. The van der Waals surface area contributed by atoms with Gasteiger partial charge < -0.3 is 34.5 Å². The molecule has 1 aromatic carbocycles. The minimum Gasteiger partial charge on any atom is -0.464 e. The van der Waals surface area contributed by atoms with Crippen LogP contribution >= 0.6 is 0 Å². The molecule has 1 heterocycles. The van der Waals surface area contributed by atoms with Gasteiger partial charge in [-0.15, -0.1) is 0 Å². The number of benzene rings is 1. The lowest BCUT2D eigenvalue weighted by atomic mass is 9.95. The molecule has 0 spiro atoms. The summed E-state index contributed by atoms with van der Waals surface area (Å²) < 4.78 is 20.7. The summed E-state index contributed by atoms with van der Waals surface area (Å²) in [5.41, 5.74) is -2.09. The van der Waals surface area contributed by atoms with Gasteiger partial charge in [-0.2, -0.15) is 0 Å². The van der Waals surface area contributed by atoms with Crippen LogP contribution in [0.1, 0.15) is 53.0 Å². The summed E-state index contributed by atoms with van der Waals surface area (Å²) in [5.74, 6) is -2.64. The molecule has 1 saturated heterocycles. The van der Waals surface area contributed by atoms with Crippen molar-refractivity contribution in [2.45, 2.75) is 71.2 Å². The maximum Gasteiger partial charge on any atom is 0.408 e. The van der Waals surface area contributed by atoms with Gasteiger partial charge in [0.25, 0.3) is 0 Å². The predicted octanol–water partition coefficient (Wildman–Crippen LogP) is 2.29. The van der Waals surface area contributed by atoms with Gasteiger partial charge in [0.15, 0.2) is 0 Å². The molecule has 12 nitrogen and oxygen atoms in total. The molecular formula is C26H37N3O9. The fourth-order valence-electron chi connectivity index (χ4n) is 3.92. The molecule has 0 aliphatic carbocycles. The lowest BCUT2D eigenvalue weighted by Gasteiger charge is -2.36. The van der Waals surface area contributed by atoms with E-state index in [0.29, 0.717) is 6.42 Å². The van der Waals surface area contributed by atoms with Gasteiger partial charge in [0.2, 0.25) is 11.4 Å². The molecule has 38 heavy (non-hydrogen) atoms. The summed E-state index contributed by atoms with van der Waals surface area (Å²) >= 11 is 0. The molecule has 0 saturated carbocycles. The average Bonchev–Trinajstić information content (AvgIpc) is 3.31. The van der Waals surface area contributed by atoms with Gasteiger partial charge in [0.1, 0.15) is 18.2 Å². The first-order valence-electron chi connectivity index (χ1n) is 12.5. The summed E-state index contributed by atoms with van der Waals surface area (Å²) in [6, 6.07) is 7.51. The first kappa shape index (κ1) is 30.4. The normalized spacial score (nSPS) is 15.1. The highest BCUT2D eigenvalue weighted by atomic mass is 16.6. The van der Waals surface area contributed by atoms with Crippen LogP contribution in [0.5, 0.6) is 0 Å². The number of amides is 3. The van der Waals surface area contributed by atoms with E-state index in [1.54, 1.807) is 58.9 Å². The highest BCUT2D eigenvalue weighted by molar-refractivity contribution is 6.09. The van der Waals surface area contributed by atoms with Gasteiger partial charge in [-0.25, -0.2) is 19.2 Å². The van der Waals surface area contributed by atoms with Gasteiger partial charge in [-0.3, -0.25) is 4.79 Å². The van der Waals surface area contributed by atoms with Crippen LogP contribution < -0.4 is 10.6 Å². The first-order chi connectivity index (χ1) is 17.9. The highest BCUT2D eigenvalue weighted by Gasteiger charge is 2.59. The number of likely N-dealkylation sites (tertiary alicyclic amines) is 1. The van der Waals surface area contributed by atoms with E-state index in [4.69, 9.17) is 18.9 Å². The van der Waals surface area contributed by atoms with Crippen molar-refractivity contribution in [2.24, 2.45) is 0 Å². The quantitative estimate of drug-likeness (QED) is 0.261. The smallest absolute Gasteiger partial charge is 0.408 e. The molecule has 0 bridgehead atoms. The Hall–Kier alpha value is -3.83. The SMILES string of the molecule is CCOC(=O)C1(C(=O)OCC)CCCN1C(=O)[C@H](CNC(=O)OC(C)(C)C)NC(=O)OCc1ccccc1. The molecule has 210 valence electrons. The van der Waals surface area contributed by atoms with E-state index in [9.17, 15) is 24.0 Å². The van der Waals surface area contributed by atoms with Crippen molar-refractivity contribution in [2.75, 3.05) is 26.3 Å². The van der Waals surface area contributed by atoms with Gasteiger partial charge in [-0.05, 0) is 53.0 Å². The largest absolute Gasteiger partial charge is 0.464 e. The maximum atomic E-state index is 13.7. The number of nitrogens with zero attached hydrogens (tertiary/aromatic N) is 1. The number of ether oxygens (including phenoxy) is 4. The van der Waals surface area contributed by atoms with Gasteiger partial charge in [0, 0.05) is 6.54 Å². The Morgan fingerprint density at radius 2 is 1.55 bits per heavy atom. The molecule has 1 fully saturated rings. The Balaban J connectivity index is 2.28. The van der Waals surface area contributed by atoms with E-state index in [1.807, 2.05) is 6.07 Å². The summed E-state index contributed by atoms with van der Waals surface area (Å²) in [7, 11) is 0. The Morgan fingerprint density at radius 1 is 0.947 bits per heavy atom. The zero-order valence-corrected chi connectivity index (χ0v) is 22.5. The summed E-state index contributed by atoms with van der Waals surface area (Å²) in [4.78, 5) is 65.7. The number of esters is 2. The molecule has 2 rings (SSSR count). The van der Waals surface area contributed by atoms with Crippen LogP contribution in [-0.2, 0) is 39.9 Å². The molecular weight excluding hydrogens is 498 g/mol. The first-order valence-corrected chi connectivity index (χ1v) is 12.5. The highest BCUT2D eigenvalue weighted by Crippen LogP contribution is 2.33. The standard InChI is InChI=1S/C26H37N3O9/c1-6-35-21(31)26(22(32)36-7-2)14-11-15-29(26)20(30)19(16-27-23(33)38-25(3,4)5)28-24(34)37-17-18-12-9-8-10-13-18/h8-10,12-13,19H,6-7,11,14-17H2,1-5H3,(H,27,33)(H,28,34)/t19-/m0/s1. The Morgan fingerprint density at radius 3 is 2.11 bits per heavy atom. The molecule has 0 radical (unpaired) electrons. The number of rotatable bonds is 10. The molecule has 1 atom stereocenters. The van der Waals surface area contributed by atoms with E-state index in [1.165, 1.54) is 0 Å². The van der Waals surface area contributed by atoms with E-state index in [0.717, 1.165) is 10.5 Å². The van der Waals surface area contributed by atoms with Crippen LogP contribution in [0, 0.1) is 0 Å². The van der Waals surface area contributed by atoms with Crippen LogP contribution in [0.15, 0.2) is 30.3 Å². The number of carbonyl (C=O) groups excluding carboxylic acids is 5. The van der Waals surface area contributed by atoms with Crippen LogP contribution in [0.3, 0.4) is 0 Å². The third-order valence-electron chi connectivity index (χ3n) is 5.53. The van der Waals surface area contributed by atoms with Crippen LogP contribution in [-0.4, -0.2) is 78.4 Å². The maximum absolute atomic E-state index is 13.7. The zero-order chi connectivity index (χ0) is 28.3. The van der Waals surface area contributed by atoms with Crippen molar-refractivity contribution < 1.29 is 42.9 Å². The second-order valence-electron chi connectivity index (χ2n) is 9.54. The number of alkyl carbamates (subject to hydrolysis) is 2. The lowest BCUT2D eigenvalue weighted by Crippen LogP contribution is -2.64. The number of carbonyl (C=O) groups is 5. The van der Waals surface area contributed by atoms with E-state index in [-0.39, 0.29) is 32.8 Å². The van der Waals surface area contributed by atoms with Crippen molar-refractivity contribution >= 4 is 30.0 Å². The zero-order valence-electron chi connectivity index (χ0n) is 22.5. The molecule has 3 amide bonds. The lowest BCUT2D eigenvalue weighted by molar-refractivity contribution is -0.176. The third kappa shape index (κ3) is 8.09. The van der Waals surface area contributed by atoms with Gasteiger partial charge >= 0.3 is 24.1 Å². The molecule has 1 aliphatic rings. The topological polar surface area (TPSA) is 150 Å². The van der Waals surface area contributed by atoms with Crippen molar-refractivity contribution in [3.63, 3.8) is 0 Å². The van der Waals surface area contributed by atoms with Crippen LogP contribution in [0.4, 0.5) is 9.59 Å². The van der Waals surface area contributed by atoms with Gasteiger partial charge in [-0.1, -0.05) is 30.3 Å². The Kier molecular flexibility index (Phi) is 10.9. The molecule has 12 heteroatoms.